The van der Waals surface area contributed by atoms with Crippen molar-refractivity contribution >= 4 is 11.6 Å². The van der Waals surface area contributed by atoms with Gasteiger partial charge < -0.3 is 5.11 Å². The summed E-state index contributed by atoms with van der Waals surface area (Å²) in [7, 11) is 2.14. The first-order chi connectivity index (χ1) is 8.66. The molecule has 1 N–H and O–H groups in total. The van der Waals surface area contributed by atoms with Crippen molar-refractivity contribution in [3.8, 4) is 0 Å². The number of rotatable bonds is 8. The second-order valence-electron chi connectivity index (χ2n) is 4.82. The molecule has 0 radical (unpaired) electrons. The first-order valence-corrected chi connectivity index (χ1v) is 7.10. The lowest BCUT2D eigenvalue weighted by Gasteiger charge is -2.25. The molecule has 0 spiro atoms. The van der Waals surface area contributed by atoms with E-state index in [1.54, 1.807) is 0 Å². The normalized spacial score (nSPS) is 12.9. The summed E-state index contributed by atoms with van der Waals surface area (Å²) < 4.78 is 0. The number of aliphatic hydroxyl groups is 1. The molecule has 102 valence electrons. The molecule has 0 bridgehead atoms. The quantitative estimate of drug-likeness (QED) is 0.724. The molecule has 1 atom stereocenters. The number of benzene rings is 1. The van der Waals surface area contributed by atoms with Crippen LogP contribution in [0.2, 0.25) is 5.02 Å². The third-order valence-corrected chi connectivity index (χ3v) is 3.78. The number of nitrogens with zero attached hydrogens (tertiary/aromatic N) is 1. The lowest BCUT2D eigenvalue weighted by molar-refractivity contribution is 0.250. The molecular weight excluding hydrogens is 246 g/mol. The standard InChI is InChI=1S/C15H24ClNO/c1-13(14-9-5-6-10-15(14)16)17(2)11-7-3-4-8-12-18/h5-6,9-10,13,18H,3-4,7-8,11-12H2,1-2H3. The van der Waals surface area contributed by atoms with Crippen molar-refractivity contribution in [3.05, 3.63) is 34.9 Å². The van der Waals surface area contributed by atoms with E-state index in [0.717, 1.165) is 24.4 Å². The van der Waals surface area contributed by atoms with Gasteiger partial charge in [0.2, 0.25) is 0 Å². The van der Waals surface area contributed by atoms with Gasteiger partial charge in [0, 0.05) is 17.7 Å². The minimum Gasteiger partial charge on any atom is -0.396 e. The van der Waals surface area contributed by atoms with E-state index >= 15 is 0 Å². The number of halogens is 1. The third kappa shape index (κ3) is 4.97. The van der Waals surface area contributed by atoms with Gasteiger partial charge in [-0.25, -0.2) is 0 Å². The lowest BCUT2D eigenvalue weighted by atomic mass is 10.1. The highest BCUT2D eigenvalue weighted by molar-refractivity contribution is 6.31. The van der Waals surface area contributed by atoms with Crippen molar-refractivity contribution in [1.82, 2.24) is 4.90 Å². The summed E-state index contributed by atoms with van der Waals surface area (Å²) in [6.07, 6.45) is 4.39. The maximum atomic E-state index is 8.72. The van der Waals surface area contributed by atoms with Gasteiger partial charge in [-0.2, -0.15) is 0 Å². The van der Waals surface area contributed by atoms with Gasteiger partial charge in [-0.3, -0.25) is 4.90 Å². The summed E-state index contributed by atoms with van der Waals surface area (Å²) in [5, 5.41) is 9.56. The molecule has 0 aromatic heterocycles. The molecule has 0 aliphatic rings. The molecule has 1 unspecified atom stereocenters. The van der Waals surface area contributed by atoms with Gasteiger partial charge in [0.05, 0.1) is 0 Å². The first kappa shape index (κ1) is 15.5. The Morgan fingerprint density at radius 3 is 2.50 bits per heavy atom. The highest BCUT2D eigenvalue weighted by Crippen LogP contribution is 2.26. The molecule has 3 heteroatoms. The van der Waals surface area contributed by atoms with Crippen molar-refractivity contribution in [2.24, 2.45) is 0 Å². The summed E-state index contributed by atoms with van der Waals surface area (Å²) in [6, 6.07) is 8.38. The Morgan fingerprint density at radius 1 is 1.17 bits per heavy atom. The van der Waals surface area contributed by atoms with Gasteiger partial charge in [-0.1, -0.05) is 42.6 Å². The molecule has 0 saturated heterocycles. The van der Waals surface area contributed by atoms with Crippen molar-refractivity contribution in [1.29, 1.82) is 0 Å². The van der Waals surface area contributed by atoms with E-state index < -0.39 is 0 Å². The number of aliphatic hydroxyl groups excluding tert-OH is 1. The van der Waals surface area contributed by atoms with E-state index in [-0.39, 0.29) is 0 Å². The molecule has 0 fully saturated rings. The fourth-order valence-electron chi connectivity index (χ4n) is 2.07. The largest absolute Gasteiger partial charge is 0.396 e. The van der Waals surface area contributed by atoms with E-state index in [0.29, 0.717) is 12.6 Å². The van der Waals surface area contributed by atoms with Crippen LogP contribution in [0.15, 0.2) is 24.3 Å². The molecule has 0 saturated carbocycles. The minimum absolute atomic E-state index is 0.311. The number of hydrogen-bond acceptors (Lipinski definition) is 2. The SMILES string of the molecule is CC(c1ccccc1Cl)N(C)CCCCCCO. The van der Waals surface area contributed by atoms with E-state index in [9.17, 15) is 0 Å². The molecule has 1 aromatic rings. The molecule has 1 rings (SSSR count). The predicted octanol–water partition coefficient (Wildman–Crippen LogP) is 3.89. The van der Waals surface area contributed by atoms with Crippen molar-refractivity contribution in [2.75, 3.05) is 20.2 Å². The Morgan fingerprint density at radius 2 is 1.83 bits per heavy atom. The van der Waals surface area contributed by atoms with Crippen LogP contribution in [0.4, 0.5) is 0 Å². The van der Waals surface area contributed by atoms with Crippen LogP contribution >= 0.6 is 11.6 Å². The van der Waals surface area contributed by atoms with Gasteiger partial charge >= 0.3 is 0 Å². The molecule has 18 heavy (non-hydrogen) atoms. The zero-order valence-corrected chi connectivity index (χ0v) is 12.2. The highest BCUT2D eigenvalue weighted by atomic mass is 35.5. The van der Waals surface area contributed by atoms with Crippen LogP contribution in [0, 0.1) is 0 Å². The molecule has 0 amide bonds. The van der Waals surface area contributed by atoms with Gasteiger partial charge in [0.1, 0.15) is 0 Å². The van der Waals surface area contributed by atoms with E-state index in [1.807, 2.05) is 18.2 Å². The van der Waals surface area contributed by atoms with Gasteiger partial charge in [-0.05, 0) is 45.0 Å². The van der Waals surface area contributed by atoms with Crippen LogP contribution in [0.1, 0.15) is 44.2 Å². The molecule has 0 aliphatic heterocycles. The summed E-state index contributed by atoms with van der Waals surface area (Å²) in [5.41, 5.74) is 1.19. The van der Waals surface area contributed by atoms with Crippen molar-refractivity contribution in [3.63, 3.8) is 0 Å². The second-order valence-corrected chi connectivity index (χ2v) is 5.22. The molecule has 0 heterocycles. The van der Waals surface area contributed by atoms with Gasteiger partial charge in [0.15, 0.2) is 0 Å². The van der Waals surface area contributed by atoms with E-state index in [4.69, 9.17) is 16.7 Å². The van der Waals surface area contributed by atoms with Crippen LogP contribution in [0.3, 0.4) is 0 Å². The average molecular weight is 270 g/mol. The van der Waals surface area contributed by atoms with Gasteiger partial charge in [-0.15, -0.1) is 0 Å². The first-order valence-electron chi connectivity index (χ1n) is 6.72. The van der Waals surface area contributed by atoms with Crippen LogP contribution < -0.4 is 0 Å². The Bertz CT molecular complexity index is 343. The Kier molecular flexibility index (Phi) is 7.33. The van der Waals surface area contributed by atoms with Crippen LogP contribution in [-0.2, 0) is 0 Å². The smallest absolute Gasteiger partial charge is 0.0453 e. The van der Waals surface area contributed by atoms with Crippen LogP contribution in [0.25, 0.3) is 0 Å². The fraction of sp³-hybridized carbons (Fsp3) is 0.600. The number of unbranched alkanes of at least 4 members (excludes halogenated alkanes) is 3. The minimum atomic E-state index is 0.311. The van der Waals surface area contributed by atoms with Crippen molar-refractivity contribution in [2.45, 2.75) is 38.6 Å². The summed E-state index contributed by atoms with van der Waals surface area (Å²) in [6.45, 7) is 3.57. The fourth-order valence-corrected chi connectivity index (χ4v) is 2.37. The molecule has 1 aromatic carbocycles. The maximum absolute atomic E-state index is 8.72. The monoisotopic (exact) mass is 269 g/mol. The highest BCUT2D eigenvalue weighted by Gasteiger charge is 2.13. The Balaban J connectivity index is 2.37. The Hall–Kier alpha value is -0.570. The zero-order valence-electron chi connectivity index (χ0n) is 11.4. The summed E-state index contributed by atoms with van der Waals surface area (Å²) in [5.74, 6) is 0. The van der Waals surface area contributed by atoms with Crippen molar-refractivity contribution < 1.29 is 5.11 Å². The van der Waals surface area contributed by atoms with Crippen LogP contribution in [-0.4, -0.2) is 30.2 Å². The van der Waals surface area contributed by atoms with Crippen LogP contribution in [0.5, 0.6) is 0 Å². The maximum Gasteiger partial charge on any atom is 0.0453 e. The molecule has 2 nitrogen and oxygen atoms in total. The van der Waals surface area contributed by atoms with Gasteiger partial charge in [0.25, 0.3) is 0 Å². The summed E-state index contributed by atoms with van der Waals surface area (Å²) >= 11 is 6.21. The topological polar surface area (TPSA) is 23.5 Å². The molecular formula is C15H24ClNO. The lowest BCUT2D eigenvalue weighted by Crippen LogP contribution is -2.23. The number of hydrogen-bond donors (Lipinski definition) is 1. The average Bonchev–Trinajstić information content (AvgIpc) is 2.38. The molecule has 0 aliphatic carbocycles. The second kappa shape index (κ2) is 8.52. The van der Waals surface area contributed by atoms with E-state index in [1.165, 1.54) is 18.4 Å². The van der Waals surface area contributed by atoms with E-state index in [2.05, 4.69) is 24.9 Å². The predicted molar refractivity (Wildman–Crippen MR) is 78.1 cm³/mol. The Labute approximate surface area is 116 Å². The summed E-state index contributed by atoms with van der Waals surface area (Å²) in [4.78, 5) is 2.33. The third-order valence-electron chi connectivity index (χ3n) is 3.44. The zero-order chi connectivity index (χ0) is 13.4.